The Morgan fingerprint density at radius 3 is 2.60 bits per heavy atom. The summed E-state index contributed by atoms with van der Waals surface area (Å²) in [5.74, 6) is 0.337. The van der Waals surface area contributed by atoms with E-state index < -0.39 is 39.4 Å². The monoisotopic (exact) mass is 505 g/mol. The van der Waals surface area contributed by atoms with Gasteiger partial charge < -0.3 is 10.2 Å². The molecule has 2 heterocycles. The number of halogens is 3. The highest BCUT2D eigenvalue weighted by Gasteiger charge is 2.49. The maximum Gasteiger partial charge on any atom is 0.417 e. The van der Waals surface area contributed by atoms with E-state index in [1.54, 1.807) is 0 Å². The Morgan fingerprint density at radius 2 is 2.00 bits per heavy atom. The van der Waals surface area contributed by atoms with Crippen molar-refractivity contribution in [1.82, 2.24) is 15.1 Å². The molecule has 2 saturated carbocycles. The summed E-state index contributed by atoms with van der Waals surface area (Å²) in [5, 5.41) is 16.2. The topological polar surface area (TPSA) is 91.0 Å². The summed E-state index contributed by atoms with van der Waals surface area (Å²) in [4.78, 5) is 14.9. The Labute approximate surface area is 203 Å². The van der Waals surface area contributed by atoms with Gasteiger partial charge in [-0.1, -0.05) is 12.1 Å². The Bertz CT molecular complexity index is 1210. The fourth-order valence-corrected chi connectivity index (χ4v) is 6.46. The second-order valence-electron chi connectivity index (χ2n) is 9.67. The van der Waals surface area contributed by atoms with Gasteiger partial charge in [0.15, 0.2) is 0 Å². The lowest BCUT2D eigenvalue weighted by Gasteiger charge is -2.32. The Morgan fingerprint density at radius 1 is 1.29 bits per heavy atom. The first-order valence-electron chi connectivity index (χ1n) is 11.7. The summed E-state index contributed by atoms with van der Waals surface area (Å²) in [5.41, 5.74) is -1.03. The summed E-state index contributed by atoms with van der Waals surface area (Å²) in [6.07, 6.45) is -0.383. The average Bonchev–Trinajstić information content (AvgIpc) is 3.24. The summed E-state index contributed by atoms with van der Waals surface area (Å²) >= 11 is 0. The lowest BCUT2D eigenvalue weighted by Crippen LogP contribution is -2.48. The normalized spacial score (nSPS) is 24.5. The second kappa shape index (κ2) is 8.66. The zero-order valence-corrected chi connectivity index (χ0v) is 20.0. The lowest BCUT2D eigenvalue weighted by atomic mass is 9.93. The minimum absolute atomic E-state index is 0.112. The van der Waals surface area contributed by atoms with Crippen molar-refractivity contribution in [2.24, 2.45) is 0 Å². The number of aromatic nitrogens is 2. The standard InChI is InChI=1S/C24H26F3N5O2S/c1-15-11-21(32(30-15)16-5-4-6-16)31-13-17(12-19(31)22(33)29-23(14-28)9-10-23)35(34)20-8-3-2-7-18(20)24(25,26)27/h2-3,7-8,11,16-17,19H,4-6,9-10,12-13H2,1H3,(H,29,33). The Balaban J connectivity index is 1.48. The van der Waals surface area contributed by atoms with Gasteiger partial charge in [0.1, 0.15) is 17.4 Å². The number of anilines is 1. The maximum absolute atomic E-state index is 13.6. The van der Waals surface area contributed by atoms with Gasteiger partial charge in [-0.3, -0.25) is 9.00 Å². The predicted molar refractivity (Wildman–Crippen MR) is 123 cm³/mol. The molecule has 1 N–H and O–H groups in total. The predicted octanol–water partition coefficient (Wildman–Crippen LogP) is 3.86. The third kappa shape index (κ3) is 4.44. The van der Waals surface area contributed by atoms with E-state index in [-0.39, 0.29) is 29.8 Å². The third-order valence-electron chi connectivity index (χ3n) is 7.16. The Kier molecular flexibility index (Phi) is 5.90. The van der Waals surface area contributed by atoms with Gasteiger partial charge in [-0.05, 0) is 57.6 Å². The molecule has 2 aliphatic carbocycles. The first kappa shape index (κ1) is 23.9. The number of amides is 1. The molecule has 0 spiro atoms. The van der Waals surface area contributed by atoms with Gasteiger partial charge in [-0.2, -0.15) is 23.5 Å². The number of hydrogen-bond donors (Lipinski definition) is 1. The van der Waals surface area contributed by atoms with Crippen LogP contribution in [0.5, 0.6) is 0 Å². The summed E-state index contributed by atoms with van der Waals surface area (Å²) in [7, 11) is -1.99. The molecule has 186 valence electrons. The van der Waals surface area contributed by atoms with Gasteiger partial charge in [0, 0.05) is 12.6 Å². The first-order valence-corrected chi connectivity index (χ1v) is 13.0. The molecule has 3 atom stereocenters. The zero-order valence-electron chi connectivity index (χ0n) is 19.2. The van der Waals surface area contributed by atoms with Gasteiger partial charge in [0.2, 0.25) is 5.91 Å². The van der Waals surface area contributed by atoms with Crippen LogP contribution in [0.3, 0.4) is 0 Å². The zero-order chi connectivity index (χ0) is 25.0. The van der Waals surface area contributed by atoms with Gasteiger partial charge in [-0.25, -0.2) is 4.68 Å². The van der Waals surface area contributed by atoms with E-state index in [0.717, 1.165) is 31.0 Å². The van der Waals surface area contributed by atoms with Crippen molar-refractivity contribution in [1.29, 1.82) is 5.26 Å². The first-order chi connectivity index (χ1) is 16.6. The van der Waals surface area contributed by atoms with Crippen LogP contribution in [0.4, 0.5) is 19.0 Å². The van der Waals surface area contributed by atoms with Crippen molar-refractivity contribution in [3.63, 3.8) is 0 Å². The smallest absolute Gasteiger partial charge is 0.344 e. The van der Waals surface area contributed by atoms with E-state index in [9.17, 15) is 27.4 Å². The van der Waals surface area contributed by atoms with Gasteiger partial charge in [-0.15, -0.1) is 0 Å². The number of benzene rings is 1. The van der Waals surface area contributed by atoms with Crippen LogP contribution in [-0.4, -0.2) is 43.3 Å². The van der Waals surface area contributed by atoms with Crippen LogP contribution in [0.15, 0.2) is 35.2 Å². The third-order valence-corrected chi connectivity index (χ3v) is 8.89. The van der Waals surface area contributed by atoms with Gasteiger partial charge >= 0.3 is 6.18 Å². The number of alkyl halides is 3. The fourth-order valence-electron chi connectivity index (χ4n) is 4.84. The highest BCUT2D eigenvalue weighted by Crippen LogP contribution is 2.41. The van der Waals surface area contributed by atoms with Crippen LogP contribution in [0.1, 0.15) is 55.8 Å². The minimum atomic E-state index is -4.63. The van der Waals surface area contributed by atoms with Crippen LogP contribution >= 0.6 is 0 Å². The van der Waals surface area contributed by atoms with Gasteiger partial charge in [0.05, 0.1) is 44.3 Å². The second-order valence-corrected chi connectivity index (χ2v) is 11.4. The van der Waals surface area contributed by atoms with E-state index in [4.69, 9.17) is 0 Å². The molecule has 35 heavy (non-hydrogen) atoms. The molecule has 1 amide bonds. The number of carbonyl (C=O) groups is 1. The molecular weight excluding hydrogens is 479 g/mol. The number of hydrogen-bond acceptors (Lipinski definition) is 5. The van der Waals surface area contributed by atoms with Crippen molar-refractivity contribution in [3.8, 4) is 6.07 Å². The van der Waals surface area contributed by atoms with Crippen molar-refractivity contribution in [3.05, 3.63) is 41.6 Å². The molecule has 0 radical (unpaired) electrons. The van der Waals surface area contributed by atoms with Crippen LogP contribution in [-0.2, 0) is 21.8 Å². The molecule has 0 bridgehead atoms. The van der Waals surface area contributed by atoms with Crippen LogP contribution < -0.4 is 10.2 Å². The summed E-state index contributed by atoms with van der Waals surface area (Å²) in [6.45, 7) is 2.00. The summed E-state index contributed by atoms with van der Waals surface area (Å²) < 4.78 is 56.2. The van der Waals surface area contributed by atoms with E-state index in [0.29, 0.717) is 18.7 Å². The van der Waals surface area contributed by atoms with E-state index in [1.165, 1.54) is 18.2 Å². The summed E-state index contributed by atoms with van der Waals surface area (Å²) in [6, 6.07) is 8.35. The molecule has 1 aromatic heterocycles. The number of nitriles is 1. The highest BCUT2D eigenvalue weighted by molar-refractivity contribution is 7.85. The molecule has 1 aliphatic heterocycles. The van der Waals surface area contributed by atoms with Crippen molar-refractivity contribution >= 4 is 22.5 Å². The molecule has 3 aliphatic rings. The Hall–Kier alpha value is -2.87. The van der Waals surface area contributed by atoms with Crippen LogP contribution in [0, 0.1) is 18.3 Å². The molecular formula is C24H26F3N5O2S. The lowest BCUT2D eigenvalue weighted by molar-refractivity contribution is -0.139. The molecule has 7 nitrogen and oxygen atoms in total. The SMILES string of the molecule is Cc1cc(N2CC(S(=O)c3ccccc3C(F)(F)F)CC2C(=O)NC2(C#N)CC2)n(C2CCC2)n1. The molecule has 2 aromatic rings. The van der Waals surface area contributed by atoms with Crippen molar-refractivity contribution in [2.75, 3.05) is 11.4 Å². The fraction of sp³-hybridized carbons (Fsp3) is 0.542. The number of aryl methyl sites for hydroxylation is 1. The van der Waals surface area contributed by atoms with Crippen molar-refractivity contribution < 1.29 is 22.2 Å². The molecule has 1 saturated heterocycles. The minimum Gasteiger partial charge on any atom is -0.344 e. The number of rotatable bonds is 6. The molecule has 1 aromatic carbocycles. The highest BCUT2D eigenvalue weighted by atomic mass is 32.2. The van der Waals surface area contributed by atoms with E-state index in [2.05, 4.69) is 16.5 Å². The number of nitrogens with one attached hydrogen (secondary N) is 1. The van der Waals surface area contributed by atoms with Crippen LogP contribution in [0.2, 0.25) is 0 Å². The van der Waals surface area contributed by atoms with Crippen molar-refractivity contribution in [2.45, 2.75) is 79.4 Å². The molecule has 3 fully saturated rings. The molecule has 11 heteroatoms. The van der Waals surface area contributed by atoms with E-state index >= 15 is 0 Å². The average molecular weight is 506 g/mol. The quantitative estimate of drug-likeness (QED) is 0.644. The number of carbonyl (C=O) groups excluding carboxylic acids is 1. The maximum atomic E-state index is 13.6. The number of nitrogens with zero attached hydrogens (tertiary/aromatic N) is 4. The van der Waals surface area contributed by atoms with Crippen LogP contribution in [0.25, 0.3) is 0 Å². The molecule has 5 rings (SSSR count). The largest absolute Gasteiger partial charge is 0.417 e. The van der Waals surface area contributed by atoms with E-state index in [1.807, 2.05) is 22.6 Å². The molecule has 3 unspecified atom stereocenters. The van der Waals surface area contributed by atoms with Gasteiger partial charge in [0.25, 0.3) is 0 Å².